The van der Waals surface area contributed by atoms with Crippen LogP contribution in [0.1, 0.15) is 17.2 Å². The van der Waals surface area contributed by atoms with E-state index in [-0.39, 0.29) is 6.04 Å². The van der Waals surface area contributed by atoms with Gasteiger partial charge in [-0.15, -0.1) is 11.3 Å². The highest BCUT2D eigenvalue weighted by Crippen LogP contribution is 2.36. The standard InChI is InChI=1S/C11H8Br2ClNS/c12-9-5-8(11(13)16-9)10(15)6-1-3-7(14)4-2-6/h1-5,10H,15H2. The molecule has 1 aromatic carbocycles. The Hall–Kier alpha value is 0.130. The van der Waals surface area contributed by atoms with Crippen LogP contribution < -0.4 is 5.73 Å². The SMILES string of the molecule is NC(c1ccc(Cl)cc1)c1cc(Br)sc1Br. The highest BCUT2D eigenvalue weighted by atomic mass is 79.9. The zero-order valence-electron chi connectivity index (χ0n) is 8.08. The van der Waals surface area contributed by atoms with E-state index in [1.165, 1.54) is 0 Å². The third-order valence-electron chi connectivity index (χ3n) is 2.25. The Bertz CT molecular complexity index is 495. The zero-order chi connectivity index (χ0) is 11.7. The van der Waals surface area contributed by atoms with Gasteiger partial charge in [0.1, 0.15) is 0 Å². The molecule has 2 N–H and O–H groups in total. The van der Waals surface area contributed by atoms with Crippen molar-refractivity contribution in [2.75, 3.05) is 0 Å². The van der Waals surface area contributed by atoms with Crippen molar-refractivity contribution in [1.82, 2.24) is 0 Å². The van der Waals surface area contributed by atoms with Crippen LogP contribution in [-0.4, -0.2) is 0 Å². The van der Waals surface area contributed by atoms with E-state index in [9.17, 15) is 0 Å². The third-order valence-corrected chi connectivity index (χ3v) is 4.88. The summed E-state index contributed by atoms with van der Waals surface area (Å²) in [4.78, 5) is 0. The van der Waals surface area contributed by atoms with Gasteiger partial charge in [0.25, 0.3) is 0 Å². The molecule has 16 heavy (non-hydrogen) atoms. The van der Waals surface area contributed by atoms with E-state index in [2.05, 4.69) is 31.9 Å². The maximum atomic E-state index is 6.19. The Morgan fingerprint density at radius 2 is 1.81 bits per heavy atom. The molecule has 0 aliphatic carbocycles. The molecule has 1 atom stereocenters. The van der Waals surface area contributed by atoms with Gasteiger partial charge in [0.05, 0.1) is 13.6 Å². The Morgan fingerprint density at radius 1 is 1.19 bits per heavy atom. The quantitative estimate of drug-likeness (QED) is 0.780. The van der Waals surface area contributed by atoms with Crippen molar-refractivity contribution in [2.45, 2.75) is 6.04 Å². The number of thiophene rings is 1. The minimum Gasteiger partial charge on any atom is -0.320 e. The summed E-state index contributed by atoms with van der Waals surface area (Å²) in [6.45, 7) is 0. The molecule has 2 aromatic rings. The van der Waals surface area contributed by atoms with Crippen molar-refractivity contribution < 1.29 is 0 Å². The molecule has 0 saturated heterocycles. The minimum absolute atomic E-state index is 0.130. The van der Waals surface area contributed by atoms with Crippen molar-refractivity contribution in [3.8, 4) is 0 Å². The molecular weight excluding hydrogens is 373 g/mol. The summed E-state index contributed by atoms with van der Waals surface area (Å²) in [5, 5.41) is 0.724. The fourth-order valence-corrected chi connectivity index (χ4v) is 4.47. The predicted octanol–water partition coefficient (Wildman–Crippen LogP) is 4.97. The summed E-state index contributed by atoms with van der Waals surface area (Å²) in [5.41, 5.74) is 8.33. The van der Waals surface area contributed by atoms with Crippen LogP contribution in [0.5, 0.6) is 0 Å². The molecule has 0 amide bonds. The molecule has 0 saturated carbocycles. The monoisotopic (exact) mass is 379 g/mol. The minimum atomic E-state index is -0.130. The topological polar surface area (TPSA) is 26.0 Å². The van der Waals surface area contributed by atoms with Crippen molar-refractivity contribution in [3.63, 3.8) is 0 Å². The van der Waals surface area contributed by atoms with Crippen LogP contribution >= 0.6 is 54.8 Å². The lowest BCUT2D eigenvalue weighted by Gasteiger charge is -2.11. The third kappa shape index (κ3) is 2.68. The lowest BCUT2D eigenvalue weighted by atomic mass is 10.0. The highest BCUT2D eigenvalue weighted by Gasteiger charge is 2.14. The summed E-state index contributed by atoms with van der Waals surface area (Å²) in [6, 6.07) is 9.51. The Balaban J connectivity index is 2.35. The molecule has 2 rings (SSSR count). The van der Waals surface area contributed by atoms with E-state index < -0.39 is 0 Å². The predicted molar refractivity (Wildman–Crippen MR) is 77.2 cm³/mol. The molecular formula is C11H8Br2ClNS. The Labute approximate surface area is 120 Å². The average Bonchev–Trinajstić information content (AvgIpc) is 2.58. The van der Waals surface area contributed by atoms with Gasteiger partial charge in [-0.1, -0.05) is 23.7 Å². The van der Waals surface area contributed by atoms with Gasteiger partial charge in [-0.05, 0) is 61.2 Å². The molecule has 0 fully saturated rings. The van der Waals surface area contributed by atoms with Crippen LogP contribution in [0.15, 0.2) is 37.9 Å². The average molecular weight is 382 g/mol. The summed E-state index contributed by atoms with van der Waals surface area (Å²) in [6.07, 6.45) is 0. The second-order valence-electron chi connectivity index (χ2n) is 3.31. The van der Waals surface area contributed by atoms with E-state index in [0.717, 1.165) is 23.7 Å². The van der Waals surface area contributed by atoms with Gasteiger partial charge in [0.2, 0.25) is 0 Å². The van der Waals surface area contributed by atoms with Crippen molar-refractivity contribution >= 4 is 54.8 Å². The molecule has 0 spiro atoms. The fraction of sp³-hybridized carbons (Fsp3) is 0.0909. The first-order valence-corrected chi connectivity index (χ1v) is 7.32. The van der Waals surface area contributed by atoms with Gasteiger partial charge < -0.3 is 5.73 Å². The molecule has 5 heteroatoms. The first-order valence-electron chi connectivity index (χ1n) is 4.53. The van der Waals surface area contributed by atoms with Crippen LogP contribution in [0, 0.1) is 0 Å². The van der Waals surface area contributed by atoms with Crippen LogP contribution in [0.3, 0.4) is 0 Å². The lowest BCUT2D eigenvalue weighted by Crippen LogP contribution is -2.11. The molecule has 1 heterocycles. The maximum absolute atomic E-state index is 6.19. The van der Waals surface area contributed by atoms with Gasteiger partial charge in [0, 0.05) is 5.02 Å². The molecule has 0 bridgehead atoms. The van der Waals surface area contributed by atoms with Crippen LogP contribution in [0.2, 0.25) is 5.02 Å². The lowest BCUT2D eigenvalue weighted by molar-refractivity contribution is 0.872. The Kier molecular flexibility index (Phi) is 4.08. The number of benzene rings is 1. The van der Waals surface area contributed by atoms with Gasteiger partial charge in [0.15, 0.2) is 0 Å². The highest BCUT2D eigenvalue weighted by molar-refractivity contribution is 9.12. The normalized spacial score (nSPS) is 12.8. The van der Waals surface area contributed by atoms with E-state index in [1.54, 1.807) is 11.3 Å². The second-order valence-corrected chi connectivity index (χ2v) is 7.49. The number of halogens is 3. The van der Waals surface area contributed by atoms with E-state index in [0.29, 0.717) is 0 Å². The molecule has 1 unspecified atom stereocenters. The van der Waals surface area contributed by atoms with E-state index in [1.807, 2.05) is 30.3 Å². The largest absolute Gasteiger partial charge is 0.320 e. The van der Waals surface area contributed by atoms with Gasteiger partial charge in [-0.3, -0.25) is 0 Å². The summed E-state index contributed by atoms with van der Waals surface area (Å²) in [5.74, 6) is 0. The summed E-state index contributed by atoms with van der Waals surface area (Å²) in [7, 11) is 0. The van der Waals surface area contributed by atoms with Crippen LogP contribution in [-0.2, 0) is 0 Å². The molecule has 1 aromatic heterocycles. The number of rotatable bonds is 2. The van der Waals surface area contributed by atoms with Gasteiger partial charge in [-0.25, -0.2) is 0 Å². The van der Waals surface area contributed by atoms with Crippen molar-refractivity contribution in [2.24, 2.45) is 5.73 Å². The molecule has 0 aliphatic heterocycles. The van der Waals surface area contributed by atoms with Crippen LogP contribution in [0.4, 0.5) is 0 Å². The summed E-state index contributed by atoms with van der Waals surface area (Å²) < 4.78 is 2.13. The van der Waals surface area contributed by atoms with Crippen molar-refractivity contribution in [3.05, 3.63) is 54.1 Å². The fourth-order valence-electron chi connectivity index (χ4n) is 1.41. The first-order chi connectivity index (χ1) is 7.58. The smallest absolute Gasteiger partial charge is 0.0761 e. The number of nitrogens with two attached hydrogens (primary N) is 1. The zero-order valence-corrected chi connectivity index (χ0v) is 12.8. The van der Waals surface area contributed by atoms with E-state index in [4.69, 9.17) is 17.3 Å². The molecule has 0 aliphatic rings. The molecule has 84 valence electrons. The summed E-state index contributed by atoms with van der Waals surface area (Å²) >= 11 is 14.4. The molecule has 0 radical (unpaired) electrons. The van der Waals surface area contributed by atoms with Gasteiger partial charge in [-0.2, -0.15) is 0 Å². The number of hydrogen-bond donors (Lipinski definition) is 1. The van der Waals surface area contributed by atoms with E-state index >= 15 is 0 Å². The van der Waals surface area contributed by atoms with Crippen molar-refractivity contribution in [1.29, 1.82) is 0 Å². The van der Waals surface area contributed by atoms with Gasteiger partial charge >= 0.3 is 0 Å². The number of hydrogen-bond acceptors (Lipinski definition) is 2. The Morgan fingerprint density at radius 3 is 2.31 bits per heavy atom. The van der Waals surface area contributed by atoms with Crippen LogP contribution in [0.25, 0.3) is 0 Å². The first kappa shape index (κ1) is 12.6. The molecule has 1 nitrogen and oxygen atoms in total. The second kappa shape index (κ2) is 5.19. The maximum Gasteiger partial charge on any atom is 0.0761 e.